The van der Waals surface area contributed by atoms with Crippen LogP contribution in [0.1, 0.15) is 45.7 Å². The largest absolute Gasteiger partial charge is 0.493 e. The number of likely N-dealkylation sites (tertiary alicyclic amines) is 1. The standard InChI is InChI=1S/C22H29N3O5/c1-14-17(8-11-30-14)22(27)24-18-12-15(13-19(28-3)20(18)29-4)21(26)23-9-7-16-6-5-10-25(16)2/h8,11-13,16H,5-7,9-10H2,1-4H3,(H,23,26)(H,24,27). The number of nitrogens with one attached hydrogen (secondary N) is 2. The van der Waals surface area contributed by atoms with Crippen molar-refractivity contribution in [1.82, 2.24) is 10.2 Å². The Morgan fingerprint density at radius 1 is 1.23 bits per heavy atom. The summed E-state index contributed by atoms with van der Waals surface area (Å²) < 4.78 is 16.0. The number of methoxy groups -OCH3 is 2. The van der Waals surface area contributed by atoms with E-state index in [0.29, 0.717) is 46.7 Å². The molecule has 0 spiro atoms. The quantitative estimate of drug-likeness (QED) is 0.688. The second-order valence-electron chi connectivity index (χ2n) is 7.43. The molecule has 0 saturated carbocycles. The summed E-state index contributed by atoms with van der Waals surface area (Å²) in [6.07, 6.45) is 4.71. The van der Waals surface area contributed by atoms with E-state index in [1.54, 1.807) is 25.1 Å². The second kappa shape index (κ2) is 9.67. The molecule has 8 heteroatoms. The summed E-state index contributed by atoms with van der Waals surface area (Å²) >= 11 is 0. The predicted molar refractivity (Wildman–Crippen MR) is 114 cm³/mol. The van der Waals surface area contributed by atoms with Crippen LogP contribution in [-0.2, 0) is 0 Å². The van der Waals surface area contributed by atoms with E-state index in [4.69, 9.17) is 13.9 Å². The Morgan fingerprint density at radius 3 is 2.63 bits per heavy atom. The molecule has 162 valence electrons. The van der Waals surface area contributed by atoms with E-state index in [2.05, 4.69) is 22.6 Å². The minimum Gasteiger partial charge on any atom is -0.493 e. The van der Waals surface area contributed by atoms with Gasteiger partial charge >= 0.3 is 0 Å². The lowest BCUT2D eigenvalue weighted by Gasteiger charge is -2.19. The first-order valence-corrected chi connectivity index (χ1v) is 10.0. The molecule has 2 aromatic rings. The van der Waals surface area contributed by atoms with E-state index in [-0.39, 0.29) is 11.8 Å². The van der Waals surface area contributed by atoms with E-state index < -0.39 is 0 Å². The summed E-state index contributed by atoms with van der Waals surface area (Å²) in [5.74, 6) is 0.621. The third kappa shape index (κ3) is 4.76. The van der Waals surface area contributed by atoms with Crippen LogP contribution in [0.3, 0.4) is 0 Å². The molecule has 1 aromatic heterocycles. The van der Waals surface area contributed by atoms with E-state index in [1.165, 1.54) is 26.9 Å². The zero-order chi connectivity index (χ0) is 21.7. The number of furan rings is 1. The Labute approximate surface area is 176 Å². The number of anilines is 1. The number of rotatable bonds is 8. The lowest BCUT2D eigenvalue weighted by atomic mass is 10.1. The Morgan fingerprint density at radius 2 is 2.03 bits per heavy atom. The van der Waals surface area contributed by atoms with Gasteiger partial charge in [-0.15, -0.1) is 0 Å². The summed E-state index contributed by atoms with van der Waals surface area (Å²) in [5.41, 5.74) is 1.14. The van der Waals surface area contributed by atoms with Crippen LogP contribution in [0.2, 0.25) is 0 Å². The fraction of sp³-hybridized carbons (Fsp3) is 0.455. The highest BCUT2D eigenvalue weighted by Gasteiger charge is 2.22. The van der Waals surface area contributed by atoms with Gasteiger partial charge in [0.05, 0.1) is 31.7 Å². The second-order valence-corrected chi connectivity index (χ2v) is 7.43. The molecule has 1 aliphatic rings. The number of amides is 2. The number of hydrogen-bond acceptors (Lipinski definition) is 6. The van der Waals surface area contributed by atoms with Crippen molar-refractivity contribution in [1.29, 1.82) is 0 Å². The van der Waals surface area contributed by atoms with Crippen molar-refractivity contribution in [3.63, 3.8) is 0 Å². The smallest absolute Gasteiger partial charge is 0.259 e. The maximum atomic E-state index is 12.7. The molecule has 1 fully saturated rings. The Hall–Kier alpha value is -3.00. The monoisotopic (exact) mass is 415 g/mol. The molecule has 1 aromatic carbocycles. The van der Waals surface area contributed by atoms with Gasteiger partial charge in [0.2, 0.25) is 0 Å². The third-order valence-electron chi connectivity index (χ3n) is 5.53. The molecule has 0 bridgehead atoms. The number of nitrogens with zero attached hydrogens (tertiary/aromatic N) is 1. The molecule has 1 saturated heterocycles. The van der Waals surface area contributed by atoms with E-state index in [9.17, 15) is 9.59 Å². The van der Waals surface area contributed by atoms with Crippen molar-refractivity contribution in [2.24, 2.45) is 0 Å². The number of benzene rings is 1. The number of carbonyl (C=O) groups is 2. The van der Waals surface area contributed by atoms with Gasteiger partial charge in [-0.05, 0) is 58.0 Å². The molecule has 1 atom stereocenters. The molecule has 0 radical (unpaired) electrons. The summed E-state index contributed by atoms with van der Waals surface area (Å²) in [4.78, 5) is 27.7. The fourth-order valence-corrected chi connectivity index (χ4v) is 3.80. The summed E-state index contributed by atoms with van der Waals surface area (Å²) in [7, 11) is 5.08. The van der Waals surface area contributed by atoms with Gasteiger partial charge < -0.3 is 29.4 Å². The first-order chi connectivity index (χ1) is 14.4. The molecular formula is C22H29N3O5. The highest BCUT2D eigenvalue weighted by atomic mass is 16.5. The van der Waals surface area contributed by atoms with Crippen LogP contribution in [0, 0.1) is 6.92 Å². The van der Waals surface area contributed by atoms with E-state index >= 15 is 0 Å². The predicted octanol–water partition coefficient (Wildman–Crippen LogP) is 3.07. The van der Waals surface area contributed by atoms with Crippen molar-refractivity contribution in [3.8, 4) is 11.5 Å². The summed E-state index contributed by atoms with van der Waals surface area (Å²) in [6, 6.07) is 5.29. The summed E-state index contributed by atoms with van der Waals surface area (Å²) in [6.45, 7) is 3.39. The lowest BCUT2D eigenvalue weighted by molar-refractivity contribution is 0.0948. The Bertz CT molecular complexity index is 908. The SMILES string of the molecule is COc1cc(C(=O)NCCC2CCCN2C)cc(NC(=O)c2ccoc2C)c1OC. The minimum atomic E-state index is -0.358. The van der Waals surface area contributed by atoms with Gasteiger partial charge in [0.1, 0.15) is 5.76 Å². The highest BCUT2D eigenvalue weighted by Crippen LogP contribution is 2.37. The van der Waals surface area contributed by atoms with E-state index in [0.717, 1.165) is 19.4 Å². The van der Waals surface area contributed by atoms with Gasteiger partial charge in [-0.25, -0.2) is 0 Å². The van der Waals surface area contributed by atoms with Crippen LogP contribution in [0.25, 0.3) is 0 Å². The normalized spacial score (nSPS) is 16.3. The van der Waals surface area contributed by atoms with Gasteiger partial charge in [-0.1, -0.05) is 0 Å². The average molecular weight is 415 g/mol. The first-order valence-electron chi connectivity index (χ1n) is 10.0. The van der Waals surface area contributed by atoms with Gasteiger partial charge in [0.25, 0.3) is 11.8 Å². The summed E-state index contributed by atoms with van der Waals surface area (Å²) in [5, 5.41) is 5.75. The van der Waals surface area contributed by atoms with Crippen molar-refractivity contribution < 1.29 is 23.5 Å². The van der Waals surface area contributed by atoms with Crippen LogP contribution in [-0.4, -0.2) is 57.1 Å². The number of hydrogen-bond donors (Lipinski definition) is 2. The van der Waals surface area contributed by atoms with Gasteiger partial charge in [0.15, 0.2) is 11.5 Å². The molecule has 2 N–H and O–H groups in total. The molecular weight excluding hydrogens is 386 g/mol. The molecule has 3 rings (SSSR count). The third-order valence-corrected chi connectivity index (χ3v) is 5.53. The topological polar surface area (TPSA) is 93.0 Å². The molecule has 1 aliphatic heterocycles. The van der Waals surface area contributed by atoms with E-state index in [1.807, 2.05) is 0 Å². The van der Waals surface area contributed by atoms with Crippen molar-refractivity contribution in [2.75, 3.05) is 39.7 Å². The van der Waals surface area contributed by atoms with Crippen LogP contribution in [0.5, 0.6) is 11.5 Å². The first kappa shape index (κ1) is 21.7. The molecule has 2 amide bonds. The van der Waals surface area contributed by atoms with Gasteiger partial charge in [-0.2, -0.15) is 0 Å². The van der Waals surface area contributed by atoms with Gasteiger partial charge in [-0.3, -0.25) is 9.59 Å². The maximum Gasteiger partial charge on any atom is 0.259 e. The van der Waals surface area contributed by atoms with Crippen LogP contribution < -0.4 is 20.1 Å². The van der Waals surface area contributed by atoms with Gasteiger partial charge in [0, 0.05) is 18.2 Å². The van der Waals surface area contributed by atoms with Crippen LogP contribution >= 0.6 is 0 Å². The molecule has 0 aliphatic carbocycles. The Balaban J connectivity index is 1.75. The fourth-order valence-electron chi connectivity index (χ4n) is 3.80. The van der Waals surface area contributed by atoms with Crippen LogP contribution in [0.15, 0.2) is 28.9 Å². The highest BCUT2D eigenvalue weighted by molar-refractivity contribution is 6.07. The molecule has 1 unspecified atom stereocenters. The molecule has 8 nitrogen and oxygen atoms in total. The number of carbonyl (C=O) groups excluding carboxylic acids is 2. The number of ether oxygens (including phenoxy) is 2. The number of aryl methyl sites for hydroxylation is 1. The zero-order valence-corrected chi connectivity index (χ0v) is 17.9. The minimum absolute atomic E-state index is 0.230. The maximum absolute atomic E-state index is 12.7. The van der Waals surface area contributed by atoms with Crippen molar-refractivity contribution in [3.05, 3.63) is 41.3 Å². The van der Waals surface area contributed by atoms with Crippen molar-refractivity contribution in [2.45, 2.75) is 32.2 Å². The average Bonchev–Trinajstić information content (AvgIpc) is 3.35. The molecule has 30 heavy (non-hydrogen) atoms. The Kier molecular flexibility index (Phi) is 6.99. The molecule has 2 heterocycles. The van der Waals surface area contributed by atoms with Crippen molar-refractivity contribution >= 4 is 17.5 Å². The zero-order valence-electron chi connectivity index (χ0n) is 17.9. The van der Waals surface area contributed by atoms with Crippen LogP contribution in [0.4, 0.5) is 5.69 Å². The lowest BCUT2D eigenvalue weighted by Crippen LogP contribution is -2.31.